The Kier molecular flexibility index (Phi) is 4.77. The summed E-state index contributed by atoms with van der Waals surface area (Å²) in [7, 11) is 0. The molecule has 0 unspecified atom stereocenters. The third-order valence-electron chi connectivity index (χ3n) is 0.773. The third kappa shape index (κ3) is 4.45. The van der Waals surface area contributed by atoms with Crippen LogP contribution in [0.2, 0.25) is 0 Å². The summed E-state index contributed by atoms with van der Waals surface area (Å²) in [6.45, 7) is 4.24. The molecule has 0 aromatic rings. The number of hydrogen-bond acceptors (Lipinski definition) is 2. The van der Waals surface area contributed by atoms with Crippen molar-refractivity contribution in [2.24, 2.45) is 0 Å². The minimum Gasteiger partial charge on any atom is -0.465 e. The second-order valence-electron chi connectivity index (χ2n) is 1.78. The molecule has 0 amide bonds. The summed E-state index contributed by atoms with van der Waals surface area (Å²) in [6, 6.07) is 0. The molecule has 0 rings (SSSR count). The van der Waals surface area contributed by atoms with Gasteiger partial charge in [0.1, 0.15) is 4.83 Å². The number of carbonyl (C=O) groups is 1. The first-order valence-electron chi connectivity index (χ1n) is 2.99. The highest BCUT2D eigenvalue weighted by Gasteiger charge is 2.07. The summed E-state index contributed by atoms with van der Waals surface area (Å²) in [5.41, 5.74) is 0. The third-order valence-corrected chi connectivity index (χ3v) is 1.15. The van der Waals surface area contributed by atoms with E-state index in [4.69, 9.17) is 4.74 Å². The van der Waals surface area contributed by atoms with Crippen LogP contribution in [0.1, 0.15) is 20.3 Å². The van der Waals surface area contributed by atoms with Crippen LogP contribution in [-0.4, -0.2) is 17.4 Å². The molecular formula is C6H11BrO2. The van der Waals surface area contributed by atoms with Crippen LogP contribution in [0.25, 0.3) is 0 Å². The molecule has 0 aliphatic carbocycles. The number of halogens is 1. The molecule has 54 valence electrons. The van der Waals surface area contributed by atoms with Gasteiger partial charge in [-0.15, -0.1) is 0 Å². The highest BCUT2D eigenvalue weighted by Crippen LogP contribution is 1.99. The zero-order valence-electron chi connectivity index (χ0n) is 5.69. The molecule has 9 heavy (non-hydrogen) atoms. The number of ether oxygens (including phenoxy) is 1. The predicted octanol–water partition coefficient (Wildman–Crippen LogP) is 1.72. The molecule has 0 saturated carbocycles. The van der Waals surface area contributed by atoms with Crippen molar-refractivity contribution in [1.82, 2.24) is 0 Å². The number of esters is 1. The lowest BCUT2D eigenvalue weighted by atomic mass is 10.5. The molecule has 0 aliphatic heterocycles. The standard InChI is InChI=1S/C6H11BrO2/c1-3-4-9-6(8)5(2)7/h5H,3-4H2,1-2H3/t5-/m0/s1. The van der Waals surface area contributed by atoms with E-state index in [1.807, 2.05) is 6.92 Å². The normalized spacial score (nSPS) is 12.8. The average molecular weight is 195 g/mol. The molecule has 0 heterocycles. The Bertz CT molecular complexity index is 91.1. The zero-order chi connectivity index (χ0) is 7.28. The summed E-state index contributed by atoms with van der Waals surface area (Å²) in [6.07, 6.45) is 0.880. The number of alkyl halides is 1. The van der Waals surface area contributed by atoms with Crippen molar-refractivity contribution in [2.45, 2.75) is 25.1 Å². The van der Waals surface area contributed by atoms with Gasteiger partial charge in [0.05, 0.1) is 6.61 Å². The molecule has 0 fully saturated rings. The van der Waals surface area contributed by atoms with E-state index < -0.39 is 0 Å². The molecule has 1 atom stereocenters. The lowest BCUT2D eigenvalue weighted by Crippen LogP contribution is -2.14. The van der Waals surface area contributed by atoms with E-state index in [2.05, 4.69) is 15.9 Å². The molecule has 0 spiro atoms. The van der Waals surface area contributed by atoms with Crippen molar-refractivity contribution in [2.75, 3.05) is 6.61 Å². The molecule has 0 bridgehead atoms. The highest BCUT2D eigenvalue weighted by atomic mass is 79.9. The fourth-order valence-corrected chi connectivity index (χ4v) is 0.450. The molecule has 0 aliphatic rings. The monoisotopic (exact) mass is 194 g/mol. The van der Waals surface area contributed by atoms with Crippen molar-refractivity contribution in [1.29, 1.82) is 0 Å². The SMILES string of the molecule is CCCOC(=O)[C@H](C)Br. The van der Waals surface area contributed by atoms with Gasteiger partial charge in [-0.2, -0.15) is 0 Å². The van der Waals surface area contributed by atoms with Gasteiger partial charge in [0.15, 0.2) is 0 Å². The van der Waals surface area contributed by atoms with Crippen molar-refractivity contribution in [3.63, 3.8) is 0 Å². The quantitative estimate of drug-likeness (QED) is 0.506. The molecule has 3 heteroatoms. The van der Waals surface area contributed by atoms with Crippen LogP contribution in [0.3, 0.4) is 0 Å². The lowest BCUT2D eigenvalue weighted by molar-refractivity contribution is -0.142. The largest absolute Gasteiger partial charge is 0.465 e. The lowest BCUT2D eigenvalue weighted by Gasteiger charge is -2.02. The minimum atomic E-state index is -0.183. The van der Waals surface area contributed by atoms with Crippen LogP contribution in [0.5, 0.6) is 0 Å². The second-order valence-corrected chi connectivity index (χ2v) is 3.16. The Hall–Kier alpha value is -0.0500. The highest BCUT2D eigenvalue weighted by molar-refractivity contribution is 9.10. The van der Waals surface area contributed by atoms with Crippen LogP contribution >= 0.6 is 15.9 Å². The summed E-state index contributed by atoms with van der Waals surface area (Å²) in [5, 5.41) is 0. The van der Waals surface area contributed by atoms with Crippen LogP contribution in [-0.2, 0) is 9.53 Å². The van der Waals surface area contributed by atoms with Gasteiger partial charge in [-0.3, -0.25) is 4.79 Å². The Morgan fingerprint density at radius 2 is 2.33 bits per heavy atom. The van der Waals surface area contributed by atoms with Gasteiger partial charge in [0.2, 0.25) is 0 Å². The maximum Gasteiger partial charge on any atom is 0.319 e. The van der Waals surface area contributed by atoms with Gasteiger partial charge in [0.25, 0.3) is 0 Å². The van der Waals surface area contributed by atoms with Crippen LogP contribution in [0.4, 0.5) is 0 Å². The Morgan fingerprint density at radius 3 is 2.67 bits per heavy atom. The summed E-state index contributed by atoms with van der Waals surface area (Å²) < 4.78 is 4.77. The predicted molar refractivity (Wildman–Crippen MR) is 39.6 cm³/mol. The fourth-order valence-electron chi connectivity index (χ4n) is 0.317. The van der Waals surface area contributed by atoms with Gasteiger partial charge < -0.3 is 4.74 Å². The van der Waals surface area contributed by atoms with Gasteiger partial charge in [-0.05, 0) is 13.3 Å². The first-order valence-corrected chi connectivity index (χ1v) is 3.90. The topological polar surface area (TPSA) is 26.3 Å². The van der Waals surface area contributed by atoms with Gasteiger partial charge >= 0.3 is 5.97 Å². The van der Waals surface area contributed by atoms with Gasteiger partial charge in [-0.1, -0.05) is 22.9 Å². The fraction of sp³-hybridized carbons (Fsp3) is 0.833. The zero-order valence-corrected chi connectivity index (χ0v) is 7.27. The second kappa shape index (κ2) is 4.79. The Morgan fingerprint density at radius 1 is 1.78 bits per heavy atom. The minimum absolute atomic E-state index is 0.177. The van der Waals surface area contributed by atoms with Gasteiger partial charge in [-0.25, -0.2) is 0 Å². The van der Waals surface area contributed by atoms with E-state index in [9.17, 15) is 4.79 Å². The van der Waals surface area contributed by atoms with E-state index in [0.717, 1.165) is 6.42 Å². The summed E-state index contributed by atoms with van der Waals surface area (Å²) in [5.74, 6) is -0.183. The van der Waals surface area contributed by atoms with E-state index in [-0.39, 0.29) is 10.8 Å². The smallest absolute Gasteiger partial charge is 0.319 e. The van der Waals surface area contributed by atoms with Crippen LogP contribution in [0.15, 0.2) is 0 Å². The molecule has 0 aromatic heterocycles. The number of hydrogen-bond donors (Lipinski definition) is 0. The van der Waals surface area contributed by atoms with Crippen molar-refractivity contribution in [3.8, 4) is 0 Å². The molecule has 2 nitrogen and oxygen atoms in total. The molecule has 0 N–H and O–H groups in total. The molecular weight excluding hydrogens is 184 g/mol. The van der Waals surface area contributed by atoms with E-state index in [1.165, 1.54) is 0 Å². The Balaban J connectivity index is 3.28. The number of rotatable bonds is 3. The Labute approximate surface area is 63.7 Å². The van der Waals surface area contributed by atoms with Gasteiger partial charge in [0, 0.05) is 0 Å². The first kappa shape index (κ1) is 8.95. The summed E-state index contributed by atoms with van der Waals surface area (Å²) >= 11 is 3.10. The maximum absolute atomic E-state index is 10.6. The van der Waals surface area contributed by atoms with Crippen molar-refractivity contribution in [3.05, 3.63) is 0 Å². The maximum atomic E-state index is 10.6. The average Bonchev–Trinajstić information content (AvgIpc) is 1.82. The van der Waals surface area contributed by atoms with Crippen molar-refractivity contribution < 1.29 is 9.53 Å². The number of carbonyl (C=O) groups excluding carboxylic acids is 1. The van der Waals surface area contributed by atoms with E-state index in [0.29, 0.717) is 6.61 Å². The summed E-state index contributed by atoms with van der Waals surface area (Å²) in [4.78, 5) is 10.5. The van der Waals surface area contributed by atoms with E-state index in [1.54, 1.807) is 6.92 Å². The van der Waals surface area contributed by atoms with Crippen molar-refractivity contribution >= 4 is 21.9 Å². The van der Waals surface area contributed by atoms with Crippen LogP contribution in [0, 0.1) is 0 Å². The molecule has 0 radical (unpaired) electrons. The first-order chi connectivity index (χ1) is 4.18. The van der Waals surface area contributed by atoms with E-state index >= 15 is 0 Å². The molecule has 0 saturated heterocycles. The molecule has 0 aromatic carbocycles. The van der Waals surface area contributed by atoms with Crippen LogP contribution < -0.4 is 0 Å².